The van der Waals surface area contributed by atoms with Gasteiger partial charge in [0.25, 0.3) is 0 Å². The van der Waals surface area contributed by atoms with Gasteiger partial charge in [0.1, 0.15) is 0 Å². The van der Waals surface area contributed by atoms with Crippen LogP contribution in [0.15, 0.2) is 40.7 Å². The van der Waals surface area contributed by atoms with Gasteiger partial charge in [0.2, 0.25) is 0 Å². The summed E-state index contributed by atoms with van der Waals surface area (Å²) >= 11 is 0. The zero-order chi connectivity index (χ0) is 23.3. The molecule has 2 rings (SSSR count). The fourth-order valence-electron chi connectivity index (χ4n) is 3.63. The monoisotopic (exact) mass is 433 g/mol. The molecule has 9 heteroatoms. The van der Waals surface area contributed by atoms with Crippen LogP contribution in [-0.4, -0.2) is 58.0 Å². The van der Waals surface area contributed by atoms with E-state index >= 15 is 0 Å². The van der Waals surface area contributed by atoms with Gasteiger partial charge in [-0.15, -0.1) is 0 Å². The molecule has 1 aromatic rings. The Morgan fingerprint density at radius 2 is 1.39 bits per heavy atom. The molecule has 0 saturated heterocycles. The second-order valence-corrected chi connectivity index (χ2v) is 6.56. The molecule has 1 aromatic carbocycles. The molecule has 0 spiro atoms. The van der Waals surface area contributed by atoms with Crippen molar-refractivity contribution in [1.29, 1.82) is 0 Å². The van der Waals surface area contributed by atoms with Crippen LogP contribution in [0.5, 0.6) is 11.5 Å². The SMILES string of the molecule is CCOC(=O)N1C(C)=C(C(=O)OC)C(c2ccc(OC)c(OC)c2)C(C(=O)OC)=C1C. The van der Waals surface area contributed by atoms with Crippen molar-refractivity contribution in [2.75, 3.05) is 35.0 Å². The molecule has 0 bridgehead atoms. The maximum Gasteiger partial charge on any atom is 0.418 e. The highest BCUT2D eigenvalue weighted by molar-refractivity contribution is 6.01. The standard InChI is InChI=1S/C22H27NO8/c1-8-31-22(26)23-12(2)17(20(24)29-6)19(18(13(23)3)21(25)30-7)14-9-10-15(27-4)16(11-14)28-5/h9-11,19H,8H2,1-7H3. The molecule has 0 fully saturated rings. The number of carbonyl (C=O) groups is 3. The molecule has 0 aromatic heterocycles. The lowest BCUT2D eigenvalue weighted by molar-refractivity contribution is -0.137. The van der Waals surface area contributed by atoms with E-state index in [1.165, 1.54) is 33.3 Å². The molecule has 1 aliphatic heterocycles. The third kappa shape index (κ3) is 4.35. The molecule has 31 heavy (non-hydrogen) atoms. The van der Waals surface area contributed by atoms with Crippen molar-refractivity contribution in [2.24, 2.45) is 0 Å². The number of amides is 1. The van der Waals surface area contributed by atoms with E-state index in [9.17, 15) is 14.4 Å². The van der Waals surface area contributed by atoms with Gasteiger partial charge in [-0.3, -0.25) is 4.90 Å². The third-order valence-electron chi connectivity index (χ3n) is 5.03. The zero-order valence-electron chi connectivity index (χ0n) is 18.7. The predicted molar refractivity (Wildman–Crippen MR) is 111 cm³/mol. The highest BCUT2D eigenvalue weighted by atomic mass is 16.6. The Kier molecular flexibility index (Phi) is 7.68. The number of esters is 2. The van der Waals surface area contributed by atoms with Gasteiger partial charge in [-0.1, -0.05) is 6.07 Å². The summed E-state index contributed by atoms with van der Waals surface area (Å²) in [7, 11) is 5.44. The fraction of sp³-hybridized carbons (Fsp3) is 0.409. The molecular formula is C22H27NO8. The lowest BCUT2D eigenvalue weighted by Gasteiger charge is -2.35. The Hall–Kier alpha value is -3.49. The van der Waals surface area contributed by atoms with E-state index in [1.807, 2.05) is 0 Å². The normalized spacial score (nSPS) is 14.4. The first-order chi connectivity index (χ1) is 14.8. The molecular weight excluding hydrogens is 406 g/mol. The largest absolute Gasteiger partial charge is 0.493 e. The molecule has 1 heterocycles. The van der Waals surface area contributed by atoms with Gasteiger partial charge in [0.15, 0.2) is 11.5 Å². The first-order valence-electron chi connectivity index (χ1n) is 9.54. The number of hydrogen-bond donors (Lipinski definition) is 0. The summed E-state index contributed by atoms with van der Waals surface area (Å²) < 4.78 is 25.8. The minimum atomic E-state index is -0.870. The smallest absolute Gasteiger partial charge is 0.418 e. The summed E-state index contributed by atoms with van der Waals surface area (Å²) in [6.07, 6.45) is -0.717. The van der Waals surface area contributed by atoms with Crippen LogP contribution >= 0.6 is 0 Å². The van der Waals surface area contributed by atoms with Crippen molar-refractivity contribution in [2.45, 2.75) is 26.7 Å². The van der Waals surface area contributed by atoms with Crippen LogP contribution in [0.1, 0.15) is 32.3 Å². The van der Waals surface area contributed by atoms with Crippen molar-refractivity contribution >= 4 is 18.0 Å². The predicted octanol–water partition coefficient (Wildman–Crippen LogP) is 3.15. The Morgan fingerprint density at radius 3 is 1.81 bits per heavy atom. The number of hydrogen-bond acceptors (Lipinski definition) is 8. The lowest BCUT2D eigenvalue weighted by atomic mass is 9.79. The van der Waals surface area contributed by atoms with Gasteiger partial charge in [0.05, 0.1) is 52.1 Å². The van der Waals surface area contributed by atoms with E-state index < -0.39 is 23.9 Å². The van der Waals surface area contributed by atoms with Crippen LogP contribution in [0, 0.1) is 0 Å². The second kappa shape index (κ2) is 10.0. The molecule has 0 radical (unpaired) electrons. The Bertz CT molecular complexity index is 907. The van der Waals surface area contributed by atoms with Crippen LogP contribution in [0.25, 0.3) is 0 Å². The van der Waals surface area contributed by atoms with Gasteiger partial charge in [-0.25, -0.2) is 14.4 Å². The number of methoxy groups -OCH3 is 4. The van der Waals surface area contributed by atoms with E-state index in [2.05, 4.69) is 0 Å². The van der Waals surface area contributed by atoms with Crippen molar-refractivity contribution < 1.29 is 38.1 Å². The average molecular weight is 433 g/mol. The number of carbonyl (C=O) groups excluding carboxylic acids is 3. The van der Waals surface area contributed by atoms with Gasteiger partial charge >= 0.3 is 18.0 Å². The molecule has 1 amide bonds. The van der Waals surface area contributed by atoms with Crippen LogP contribution in [-0.2, 0) is 23.8 Å². The number of allylic oxidation sites excluding steroid dienone is 2. The minimum Gasteiger partial charge on any atom is -0.493 e. The minimum absolute atomic E-state index is 0.105. The van der Waals surface area contributed by atoms with Gasteiger partial charge in [-0.2, -0.15) is 0 Å². The topological polar surface area (TPSA) is 101 Å². The molecule has 168 valence electrons. The summed E-state index contributed by atoms with van der Waals surface area (Å²) in [5.41, 5.74) is 1.34. The molecule has 0 saturated carbocycles. The fourth-order valence-corrected chi connectivity index (χ4v) is 3.63. The summed E-state index contributed by atoms with van der Waals surface area (Å²) in [6, 6.07) is 5.04. The summed E-state index contributed by atoms with van der Waals surface area (Å²) in [6.45, 7) is 4.97. The highest BCUT2D eigenvalue weighted by Gasteiger charge is 2.42. The van der Waals surface area contributed by atoms with Crippen LogP contribution < -0.4 is 9.47 Å². The van der Waals surface area contributed by atoms with Gasteiger partial charge < -0.3 is 23.7 Å². The van der Waals surface area contributed by atoms with Crippen LogP contribution in [0.3, 0.4) is 0 Å². The molecule has 0 atom stereocenters. The maximum atomic E-state index is 12.8. The third-order valence-corrected chi connectivity index (χ3v) is 5.03. The van der Waals surface area contributed by atoms with Crippen LogP contribution in [0.4, 0.5) is 4.79 Å². The highest BCUT2D eigenvalue weighted by Crippen LogP contribution is 2.44. The molecule has 0 aliphatic carbocycles. The Morgan fingerprint density at radius 1 is 0.871 bits per heavy atom. The second-order valence-electron chi connectivity index (χ2n) is 6.56. The van der Waals surface area contributed by atoms with Crippen molar-refractivity contribution in [3.8, 4) is 11.5 Å². The Balaban J connectivity index is 2.85. The van der Waals surface area contributed by atoms with E-state index in [4.69, 9.17) is 23.7 Å². The summed E-state index contributed by atoms with van der Waals surface area (Å²) in [4.78, 5) is 39.5. The first-order valence-corrected chi connectivity index (χ1v) is 9.54. The van der Waals surface area contributed by atoms with E-state index in [-0.39, 0.29) is 29.1 Å². The van der Waals surface area contributed by atoms with E-state index in [0.717, 1.165) is 0 Å². The quantitative estimate of drug-likeness (QED) is 0.498. The van der Waals surface area contributed by atoms with Crippen LogP contribution in [0.2, 0.25) is 0 Å². The maximum absolute atomic E-state index is 12.8. The average Bonchev–Trinajstić information content (AvgIpc) is 2.77. The summed E-state index contributed by atoms with van der Waals surface area (Å²) in [5.74, 6) is -1.36. The number of benzene rings is 1. The summed E-state index contributed by atoms with van der Waals surface area (Å²) in [5, 5.41) is 0. The van der Waals surface area contributed by atoms with Gasteiger partial charge in [0, 0.05) is 11.4 Å². The van der Waals surface area contributed by atoms with Crippen molar-refractivity contribution in [3.63, 3.8) is 0 Å². The van der Waals surface area contributed by atoms with E-state index in [0.29, 0.717) is 17.1 Å². The molecule has 1 aliphatic rings. The van der Waals surface area contributed by atoms with Crippen molar-refractivity contribution in [3.05, 3.63) is 46.3 Å². The molecule has 9 nitrogen and oxygen atoms in total. The first kappa shape index (κ1) is 23.8. The lowest BCUT2D eigenvalue weighted by Crippen LogP contribution is -2.38. The van der Waals surface area contributed by atoms with E-state index in [1.54, 1.807) is 39.0 Å². The van der Waals surface area contributed by atoms with Crippen molar-refractivity contribution in [1.82, 2.24) is 4.90 Å². The number of nitrogens with zero attached hydrogens (tertiary/aromatic N) is 1. The number of rotatable bonds is 6. The molecule has 0 N–H and O–H groups in total. The van der Waals surface area contributed by atoms with Gasteiger partial charge in [-0.05, 0) is 38.5 Å². The zero-order valence-corrected chi connectivity index (χ0v) is 18.7. The Labute approximate surface area is 181 Å². The molecule has 0 unspecified atom stereocenters. The number of ether oxygens (including phenoxy) is 5.